The monoisotopic (exact) mass is 713 g/mol. The van der Waals surface area contributed by atoms with E-state index in [4.69, 9.17) is 31.5 Å². The number of nitrogens with zero attached hydrogens (tertiary/aromatic N) is 1. The molecular weight excluding hydrogens is 639 g/mol. The van der Waals surface area contributed by atoms with Gasteiger partial charge in [0, 0.05) is 30.6 Å². The molecule has 0 unspecified atom stereocenters. The average molecular weight is 713 g/mol. The van der Waals surface area contributed by atoms with Gasteiger partial charge in [-0.05, 0) is 103 Å². The van der Waals surface area contributed by atoms with Gasteiger partial charge in [-0.2, -0.15) is 0 Å². The van der Waals surface area contributed by atoms with Crippen LogP contribution in [-0.2, 0) is 10.8 Å². The van der Waals surface area contributed by atoms with Crippen molar-refractivity contribution in [2.45, 2.75) is 24.5 Å². The van der Waals surface area contributed by atoms with E-state index in [1.165, 1.54) is 0 Å². The third-order valence-electron chi connectivity index (χ3n) is 9.44. The van der Waals surface area contributed by atoms with E-state index in [0.717, 1.165) is 0 Å². The average Bonchev–Trinajstić information content (AvgIpc) is 1.48. The van der Waals surface area contributed by atoms with Crippen LogP contribution in [-0.4, -0.2) is 0 Å². The molecule has 0 aliphatic heterocycles. The first-order valence-electron chi connectivity index (χ1n) is 34.2. The third kappa shape index (κ3) is 4.02. The molecule has 0 heterocycles. The Hall–Kier alpha value is -6.44. The van der Waals surface area contributed by atoms with Gasteiger partial charge >= 0.3 is 0 Å². The van der Waals surface area contributed by atoms with E-state index in [9.17, 15) is 19.2 Å². The Morgan fingerprint density at radius 2 is 0.830 bits per heavy atom. The Balaban J connectivity index is 1.47. The zero-order chi connectivity index (χ0) is 67.3. The molecule has 3 aliphatic rings. The lowest BCUT2D eigenvalue weighted by atomic mass is 9.70. The molecule has 0 fully saturated rings. The van der Waals surface area contributed by atoms with Crippen molar-refractivity contribution in [1.82, 2.24) is 0 Å². The first-order chi connectivity index (χ1) is 41.5. The lowest BCUT2D eigenvalue weighted by molar-refractivity contribution is 0.660. The Labute approximate surface area is 363 Å². The van der Waals surface area contributed by atoms with Crippen LogP contribution >= 0.6 is 0 Å². The van der Waals surface area contributed by atoms with Crippen LogP contribution in [0.4, 0.5) is 17.1 Å². The van der Waals surface area contributed by atoms with Gasteiger partial charge in [-0.15, -0.1) is 0 Å². The standard InChI is InChI=1S/C52H37N/c1-51(2)44-23-11-6-19-38(44)42-30-28-36(33-49(42)51)53(50-27-15-10-18-37(50)34-16-4-3-5-17-34)35-29-31-48-43(32-35)41-22-9-14-26-47(41)52(48)45-24-12-7-20-39(45)40-21-8-13-25-46(40)52/h3-33H,1-2H3/i1D3,2D3,3D,4D,5D,6D,7D,8D,9D,10D,11D,12D,13D,14D,15D,16D,17D,18D,19D,20D,21D,22D,23D,24D,25D,26D,27D,28D,29D,30D,31D,32D,33D. The van der Waals surface area contributed by atoms with Gasteiger partial charge in [0.2, 0.25) is 0 Å². The zero-order valence-electron chi connectivity index (χ0n) is 63.4. The number of fused-ring (bicyclic) bond motifs is 13. The predicted octanol–water partition coefficient (Wildman–Crippen LogP) is 13.5. The molecule has 0 saturated carbocycles. The van der Waals surface area contributed by atoms with Crippen molar-refractivity contribution < 1.29 is 50.7 Å². The quantitative estimate of drug-likeness (QED) is 0.176. The number of benzene rings is 8. The summed E-state index contributed by atoms with van der Waals surface area (Å²) in [6, 6.07) is -37.8. The summed E-state index contributed by atoms with van der Waals surface area (Å²) < 4.78 is 343. The smallest absolute Gasteiger partial charge is 0.0725 e. The highest BCUT2D eigenvalue weighted by atomic mass is 15.1. The first kappa shape index (κ1) is 11.0. The predicted molar refractivity (Wildman–Crippen MR) is 220 cm³/mol. The summed E-state index contributed by atoms with van der Waals surface area (Å²) in [4.78, 5) is 0.146. The SMILES string of the molecule is [2H]c1c([2H])c([2H])c(-c2c([2H])c([2H])c([2H])c([2H])c2N(c2c([2H])c([2H])c3c(c2[2H])-c2c([2H])c([2H])c([2H])c([2H])c2C32c3c([2H])c([2H])c([2H])c([2H])c3-c3c([2H])c([2H])c([2H])c([2H])c32)c2c([2H])c([2H])c3c(c2[2H])C(C([2H])([2H])[2H])(C([2H])([2H])[2H])c2c([2H])c([2H])c([2H])c([2H])c2-3)c([2H])c1[2H]. The fourth-order valence-corrected chi connectivity index (χ4v) is 7.32. The van der Waals surface area contributed by atoms with E-state index >= 15 is 0 Å². The lowest BCUT2D eigenvalue weighted by Crippen LogP contribution is -2.25. The summed E-state index contributed by atoms with van der Waals surface area (Å²) in [6.45, 7) is -8.25. The van der Waals surface area contributed by atoms with Crippen molar-refractivity contribution in [3.05, 3.63) is 221 Å². The van der Waals surface area contributed by atoms with Gasteiger partial charge in [0.1, 0.15) is 0 Å². The Morgan fingerprint density at radius 3 is 1.47 bits per heavy atom. The summed E-state index contributed by atoms with van der Waals surface area (Å²) in [7, 11) is 0. The molecule has 0 bridgehead atoms. The lowest BCUT2D eigenvalue weighted by Gasteiger charge is -2.32. The Morgan fingerprint density at radius 1 is 0.377 bits per heavy atom. The molecular formula is C52H37N. The third-order valence-corrected chi connectivity index (χ3v) is 9.44. The largest absolute Gasteiger partial charge is 0.310 e. The number of rotatable bonds is 4. The highest BCUT2D eigenvalue weighted by molar-refractivity contribution is 5.97. The van der Waals surface area contributed by atoms with Crippen LogP contribution in [0.1, 0.15) is 97.8 Å². The van der Waals surface area contributed by atoms with E-state index in [1.54, 1.807) is 0 Å². The van der Waals surface area contributed by atoms with Gasteiger partial charge in [0.05, 0.1) is 53.6 Å². The summed E-state index contributed by atoms with van der Waals surface area (Å²) in [5, 5.41) is 0. The van der Waals surface area contributed by atoms with Crippen LogP contribution < -0.4 is 4.90 Å². The number of para-hydroxylation sites is 1. The maximum absolute atomic E-state index is 10.6. The maximum atomic E-state index is 10.6. The van der Waals surface area contributed by atoms with Crippen molar-refractivity contribution in [2.24, 2.45) is 0 Å². The van der Waals surface area contributed by atoms with Crippen molar-refractivity contribution in [2.75, 3.05) is 4.90 Å². The number of anilines is 3. The molecule has 8 aromatic carbocycles. The highest BCUT2D eigenvalue weighted by Gasteiger charge is 2.51. The minimum atomic E-state index is -4.12. The van der Waals surface area contributed by atoms with Crippen molar-refractivity contribution >= 4 is 17.1 Å². The topological polar surface area (TPSA) is 3.24 Å². The van der Waals surface area contributed by atoms with Gasteiger partial charge in [-0.25, -0.2) is 0 Å². The van der Waals surface area contributed by atoms with E-state index in [-0.39, 0.29) is 4.90 Å². The molecule has 3 aliphatic carbocycles. The van der Waals surface area contributed by atoms with Crippen LogP contribution in [0.5, 0.6) is 0 Å². The van der Waals surface area contributed by atoms with E-state index in [0.29, 0.717) is 0 Å². The van der Waals surface area contributed by atoms with Gasteiger partial charge in [0.15, 0.2) is 0 Å². The van der Waals surface area contributed by atoms with E-state index in [2.05, 4.69) is 0 Å². The van der Waals surface area contributed by atoms with Crippen LogP contribution in [0.15, 0.2) is 187 Å². The summed E-state index contributed by atoms with van der Waals surface area (Å²) in [5.41, 5.74) is -25.1. The molecule has 8 aromatic rings. The van der Waals surface area contributed by atoms with Gasteiger partial charge < -0.3 is 4.90 Å². The highest BCUT2D eigenvalue weighted by Crippen LogP contribution is 2.63. The molecule has 0 saturated heterocycles. The second-order valence-corrected chi connectivity index (χ2v) is 12.0. The molecule has 11 rings (SSSR count). The molecule has 0 aromatic heterocycles. The van der Waals surface area contributed by atoms with Crippen LogP contribution in [0.3, 0.4) is 0 Å². The normalized spacial score (nSPS) is 24.9. The van der Waals surface area contributed by atoms with Gasteiger partial charge in [-0.3, -0.25) is 0 Å². The van der Waals surface area contributed by atoms with Gasteiger partial charge in [-0.1, -0.05) is 171 Å². The molecule has 0 amide bonds. The molecule has 250 valence electrons. The van der Waals surface area contributed by atoms with Crippen molar-refractivity contribution in [3.63, 3.8) is 0 Å². The fourth-order valence-electron chi connectivity index (χ4n) is 7.32. The van der Waals surface area contributed by atoms with E-state index in [1.807, 2.05) is 0 Å². The molecule has 1 heteroatoms. The second-order valence-electron chi connectivity index (χ2n) is 12.0. The zero-order valence-corrected chi connectivity index (χ0v) is 26.4. The van der Waals surface area contributed by atoms with E-state index < -0.39 is 307 Å². The van der Waals surface area contributed by atoms with Crippen molar-refractivity contribution in [1.29, 1.82) is 0 Å². The minimum absolute atomic E-state index is 0.146. The number of hydrogen-bond acceptors (Lipinski definition) is 1. The molecule has 0 radical (unpaired) electrons. The second kappa shape index (κ2) is 11.0. The van der Waals surface area contributed by atoms with Crippen LogP contribution in [0.2, 0.25) is 0 Å². The molecule has 53 heavy (non-hydrogen) atoms. The summed E-state index contributed by atoms with van der Waals surface area (Å²) in [5.74, 6) is 0. The molecule has 0 N–H and O–H groups in total. The fraction of sp³-hybridized carbons (Fsp3) is 0.0769. The summed E-state index contributed by atoms with van der Waals surface area (Å²) in [6.07, 6.45) is 0. The molecule has 1 nitrogen and oxygen atoms in total. The van der Waals surface area contributed by atoms with Crippen LogP contribution in [0.25, 0.3) is 44.5 Å². The van der Waals surface area contributed by atoms with Gasteiger partial charge in [0.25, 0.3) is 0 Å². The maximum Gasteiger partial charge on any atom is 0.0725 e. The summed E-state index contributed by atoms with van der Waals surface area (Å²) >= 11 is 0. The Bertz CT molecular complexity index is 4650. The number of hydrogen-bond donors (Lipinski definition) is 0. The molecule has 1 spiro atoms. The van der Waals surface area contributed by atoms with Crippen molar-refractivity contribution in [3.8, 4) is 44.5 Å². The first-order valence-corrected chi connectivity index (χ1v) is 15.7. The minimum Gasteiger partial charge on any atom is -0.310 e. The molecule has 0 atom stereocenters. The van der Waals surface area contributed by atoms with Crippen LogP contribution in [0, 0.1) is 0 Å². The Kier molecular flexibility index (Phi) is 2.30.